The number of halogens is 2. The number of esters is 1. The number of nitrogens with two attached hydrogens (primary N) is 1. The number of hydrogen-bond acceptors (Lipinski definition) is 5. The first kappa shape index (κ1) is 20.9. The number of urea groups is 1. The molecule has 2 aliphatic rings. The molecule has 2 heterocycles. The van der Waals surface area contributed by atoms with Gasteiger partial charge in [-0.3, -0.25) is 14.7 Å². The van der Waals surface area contributed by atoms with Gasteiger partial charge in [-0.25, -0.2) is 23.4 Å². The van der Waals surface area contributed by atoms with E-state index in [-0.39, 0.29) is 26.1 Å². The zero-order valence-electron chi connectivity index (χ0n) is 15.2. The highest BCUT2D eigenvalue weighted by Crippen LogP contribution is 2.41. The predicted octanol–water partition coefficient (Wildman–Crippen LogP) is 1.11. The number of ether oxygens (including phenoxy) is 1. The number of carboxylic acid groups (broad SMARTS) is 1. The van der Waals surface area contributed by atoms with Gasteiger partial charge in [0.05, 0.1) is 24.5 Å². The van der Waals surface area contributed by atoms with Crippen LogP contribution < -0.4 is 5.73 Å². The third-order valence-electron chi connectivity index (χ3n) is 4.92. The summed E-state index contributed by atoms with van der Waals surface area (Å²) in [6, 6.07) is -3.58. The number of fused-ring (bicyclic) bond motifs is 1. The van der Waals surface area contributed by atoms with Crippen molar-refractivity contribution in [3.8, 4) is 0 Å². The van der Waals surface area contributed by atoms with Crippen molar-refractivity contribution in [2.75, 3.05) is 26.2 Å². The number of carbonyl (C=O) groups is 3. The second kappa shape index (κ2) is 7.29. The van der Waals surface area contributed by atoms with Gasteiger partial charge in [0.15, 0.2) is 0 Å². The van der Waals surface area contributed by atoms with Crippen LogP contribution in [0.1, 0.15) is 20.3 Å². The van der Waals surface area contributed by atoms with Crippen LogP contribution in [-0.2, 0) is 9.53 Å². The fraction of sp³-hybridized carbons (Fsp3) is 0.688. The van der Waals surface area contributed by atoms with Gasteiger partial charge in [-0.05, 0) is 20.3 Å². The minimum absolute atomic E-state index is 0.0235. The number of likely N-dealkylation sites (tertiary alicyclic amines) is 1. The molecule has 2 fully saturated rings. The van der Waals surface area contributed by atoms with Crippen LogP contribution in [0.5, 0.6) is 0 Å². The van der Waals surface area contributed by atoms with Crippen LogP contribution in [0.4, 0.5) is 18.4 Å². The summed E-state index contributed by atoms with van der Waals surface area (Å²) in [4.78, 5) is 35.8. The monoisotopic (exact) mass is 390 g/mol. The average Bonchev–Trinajstić information content (AvgIpc) is 3.07. The first-order chi connectivity index (χ1) is 12.4. The Kier molecular flexibility index (Phi) is 5.64. The lowest BCUT2D eigenvalue weighted by molar-refractivity contribution is -0.154. The van der Waals surface area contributed by atoms with Crippen molar-refractivity contribution in [2.24, 2.45) is 11.1 Å². The molecule has 0 aromatic rings. The van der Waals surface area contributed by atoms with Crippen molar-refractivity contribution < 1.29 is 33.0 Å². The summed E-state index contributed by atoms with van der Waals surface area (Å²) in [6.45, 7) is 5.35. The summed E-state index contributed by atoms with van der Waals surface area (Å²) in [7, 11) is 0. The second-order valence-electron chi connectivity index (χ2n) is 7.29. The third-order valence-corrected chi connectivity index (χ3v) is 4.92. The lowest BCUT2D eigenvalue weighted by Crippen LogP contribution is -2.53. The maximum absolute atomic E-state index is 14.5. The third kappa shape index (κ3) is 3.97. The Hall–Kier alpha value is -2.43. The number of alkyl halides is 2. The van der Waals surface area contributed by atoms with E-state index in [1.807, 2.05) is 0 Å². The Labute approximate surface area is 155 Å². The smallest absolute Gasteiger partial charge is 0.407 e. The molecule has 0 saturated carbocycles. The van der Waals surface area contributed by atoms with E-state index in [2.05, 4.69) is 6.58 Å². The van der Waals surface area contributed by atoms with Gasteiger partial charge < -0.3 is 15.6 Å². The molecule has 2 atom stereocenters. The Balaban J connectivity index is 2.20. The molecule has 0 aliphatic carbocycles. The quantitative estimate of drug-likeness (QED) is 0.518. The number of nitrogens with zero attached hydrogens (tertiary/aromatic N) is 3. The molecule has 0 spiro atoms. The van der Waals surface area contributed by atoms with Crippen molar-refractivity contribution in [3.05, 3.63) is 12.7 Å². The number of primary amides is 1. The number of carbonyl (C=O) groups excluding carboxylic acids is 2. The summed E-state index contributed by atoms with van der Waals surface area (Å²) in [5.74, 6) is -3.89. The Morgan fingerprint density at radius 1 is 1.41 bits per heavy atom. The molecule has 3 N–H and O–H groups in total. The number of rotatable bonds is 6. The van der Waals surface area contributed by atoms with Crippen LogP contribution in [0, 0.1) is 5.41 Å². The fourth-order valence-electron chi connectivity index (χ4n) is 3.45. The number of hydrogen-bond donors (Lipinski definition) is 2. The second-order valence-corrected chi connectivity index (χ2v) is 7.29. The topological polar surface area (TPSA) is 116 Å². The largest absolute Gasteiger partial charge is 0.465 e. The summed E-state index contributed by atoms with van der Waals surface area (Å²) in [6.07, 6.45) is 0.0220. The molecule has 11 heteroatoms. The van der Waals surface area contributed by atoms with Gasteiger partial charge in [0.1, 0.15) is 12.6 Å². The SMILES string of the molecule is C=CCOC(=O)C(C)(C)CCN1C2C(CN1C(N)=O)N(C(=O)O)CC2(F)F. The summed E-state index contributed by atoms with van der Waals surface area (Å²) in [5, 5.41) is 11.2. The van der Waals surface area contributed by atoms with E-state index in [1.54, 1.807) is 13.8 Å². The average molecular weight is 390 g/mol. The van der Waals surface area contributed by atoms with Crippen molar-refractivity contribution in [3.63, 3.8) is 0 Å². The van der Waals surface area contributed by atoms with E-state index < -0.39 is 48.1 Å². The molecule has 2 aliphatic heterocycles. The minimum Gasteiger partial charge on any atom is -0.465 e. The molecule has 2 rings (SSSR count). The van der Waals surface area contributed by atoms with Gasteiger partial charge in [0.25, 0.3) is 5.92 Å². The van der Waals surface area contributed by atoms with E-state index in [1.165, 1.54) is 6.08 Å². The normalized spacial score (nSPS) is 24.6. The number of amides is 3. The van der Waals surface area contributed by atoms with Crippen LogP contribution in [0.3, 0.4) is 0 Å². The lowest BCUT2D eigenvalue weighted by Gasteiger charge is -2.34. The highest BCUT2D eigenvalue weighted by Gasteiger charge is 2.64. The molecule has 0 bridgehead atoms. The molecule has 3 amide bonds. The van der Waals surface area contributed by atoms with E-state index in [4.69, 9.17) is 10.5 Å². The maximum Gasteiger partial charge on any atom is 0.407 e. The van der Waals surface area contributed by atoms with Crippen LogP contribution in [0.25, 0.3) is 0 Å². The standard InChI is InChI=1S/C16H24F2N4O5/c1-4-7-27-12(23)15(2,3)5-6-21-11-10(8-22(21)13(19)24)20(14(25)26)9-16(11,17)18/h4,10-11H,1,5-9H2,2-3H3,(H2,19,24)(H,25,26). The Morgan fingerprint density at radius 3 is 2.56 bits per heavy atom. The van der Waals surface area contributed by atoms with Crippen molar-refractivity contribution in [1.82, 2.24) is 14.9 Å². The van der Waals surface area contributed by atoms with E-state index in [0.717, 1.165) is 10.0 Å². The van der Waals surface area contributed by atoms with Crippen LogP contribution in [-0.4, -0.2) is 82.4 Å². The van der Waals surface area contributed by atoms with Crippen molar-refractivity contribution in [1.29, 1.82) is 0 Å². The Bertz CT molecular complexity index is 642. The van der Waals surface area contributed by atoms with Gasteiger partial charge in [-0.2, -0.15) is 0 Å². The maximum atomic E-state index is 14.5. The molecule has 0 aromatic heterocycles. The molecule has 27 heavy (non-hydrogen) atoms. The molecule has 2 unspecified atom stereocenters. The van der Waals surface area contributed by atoms with Gasteiger partial charge in [0, 0.05) is 6.54 Å². The molecule has 152 valence electrons. The predicted molar refractivity (Wildman–Crippen MR) is 89.8 cm³/mol. The molecular weight excluding hydrogens is 366 g/mol. The van der Waals surface area contributed by atoms with Crippen LogP contribution in [0.2, 0.25) is 0 Å². The zero-order valence-corrected chi connectivity index (χ0v) is 15.2. The minimum atomic E-state index is -3.36. The first-order valence-electron chi connectivity index (χ1n) is 8.41. The van der Waals surface area contributed by atoms with Crippen molar-refractivity contribution >= 4 is 18.1 Å². The van der Waals surface area contributed by atoms with Crippen LogP contribution >= 0.6 is 0 Å². The first-order valence-corrected chi connectivity index (χ1v) is 8.41. The fourth-order valence-corrected chi connectivity index (χ4v) is 3.45. The van der Waals surface area contributed by atoms with Gasteiger partial charge in [-0.15, -0.1) is 0 Å². The Morgan fingerprint density at radius 2 is 2.04 bits per heavy atom. The van der Waals surface area contributed by atoms with E-state index >= 15 is 0 Å². The molecule has 9 nitrogen and oxygen atoms in total. The molecule has 0 radical (unpaired) electrons. The summed E-state index contributed by atoms with van der Waals surface area (Å²) < 4.78 is 34.0. The lowest BCUT2D eigenvalue weighted by atomic mass is 9.89. The summed E-state index contributed by atoms with van der Waals surface area (Å²) >= 11 is 0. The molecule has 0 aromatic carbocycles. The van der Waals surface area contributed by atoms with Gasteiger partial charge in [-0.1, -0.05) is 12.7 Å². The molecule has 2 saturated heterocycles. The molecular formula is C16H24F2N4O5. The number of hydrazine groups is 1. The van der Waals surface area contributed by atoms with Crippen molar-refractivity contribution in [2.45, 2.75) is 38.3 Å². The summed E-state index contributed by atoms with van der Waals surface area (Å²) in [5.41, 5.74) is 4.29. The van der Waals surface area contributed by atoms with Gasteiger partial charge >= 0.3 is 18.1 Å². The van der Waals surface area contributed by atoms with Crippen LogP contribution in [0.15, 0.2) is 12.7 Å². The van der Waals surface area contributed by atoms with Gasteiger partial charge in [0.2, 0.25) is 0 Å². The highest BCUT2D eigenvalue weighted by molar-refractivity contribution is 5.76. The highest BCUT2D eigenvalue weighted by atomic mass is 19.3. The zero-order chi connectivity index (χ0) is 20.6. The van der Waals surface area contributed by atoms with E-state index in [0.29, 0.717) is 4.90 Å². The van der Waals surface area contributed by atoms with E-state index in [9.17, 15) is 28.3 Å².